The molecule has 2 fully saturated rings. The summed E-state index contributed by atoms with van der Waals surface area (Å²) >= 11 is 12.1. The van der Waals surface area contributed by atoms with Crippen LogP contribution in [0, 0.1) is 0 Å². The first-order valence-corrected chi connectivity index (χ1v) is 14.6. The van der Waals surface area contributed by atoms with Gasteiger partial charge in [-0.3, -0.25) is 9.69 Å². The van der Waals surface area contributed by atoms with E-state index >= 15 is 0 Å². The number of amides is 1. The summed E-state index contributed by atoms with van der Waals surface area (Å²) < 4.78 is 23.6. The predicted molar refractivity (Wildman–Crippen MR) is 154 cm³/mol. The van der Waals surface area contributed by atoms with Gasteiger partial charge in [0.05, 0.1) is 23.8 Å². The van der Waals surface area contributed by atoms with Gasteiger partial charge in [0.1, 0.15) is 18.0 Å². The number of piperidine rings is 1. The van der Waals surface area contributed by atoms with E-state index < -0.39 is 0 Å². The van der Waals surface area contributed by atoms with E-state index in [9.17, 15) is 4.79 Å². The van der Waals surface area contributed by atoms with Gasteiger partial charge in [0.15, 0.2) is 11.5 Å². The SMILES string of the molecule is COc1ccc(CN2CCC(COc3ccc(Cl)c(Cl)c3)(OC)CC2)cc1OCCCN1CCCCCC1=O. The smallest absolute Gasteiger partial charge is 0.222 e. The molecule has 2 aliphatic rings. The van der Waals surface area contributed by atoms with E-state index in [2.05, 4.69) is 17.0 Å². The molecule has 0 spiro atoms. The van der Waals surface area contributed by atoms with Crippen molar-refractivity contribution in [2.24, 2.45) is 0 Å². The van der Waals surface area contributed by atoms with Crippen LogP contribution in [0.1, 0.15) is 50.5 Å². The summed E-state index contributed by atoms with van der Waals surface area (Å²) in [6.45, 7) is 5.21. The van der Waals surface area contributed by atoms with Crippen LogP contribution in [0.2, 0.25) is 10.0 Å². The van der Waals surface area contributed by atoms with Gasteiger partial charge in [0, 0.05) is 52.3 Å². The van der Waals surface area contributed by atoms with Crippen molar-refractivity contribution in [3.05, 3.63) is 52.0 Å². The van der Waals surface area contributed by atoms with Gasteiger partial charge in [-0.2, -0.15) is 0 Å². The Balaban J connectivity index is 1.26. The second-order valence-electron chi connectivity index (χ2n) is 10.4. The molecule has 0 saturated carbocycles. The number of hydrogen-bond acceptors (Lipinski definition) is 6. The molecule has 0 unspecified atom stereocenters. The zero-order valence-corrected chi connectivity index (χ0v) is 24.6. The molecule has 2 aromatic rings. The van der Waals surface area contributed by atoms with Gasteiger partial charge in [0.2, 0.25) is 5.91 Å². The number of carbonyl (C=O) groups excluding carboxylic acids is 1. The number of halogens is 2. The van der Waals surface area contributed by atoms with Gasteiger partial charge >= 0.3 is 0 Å². The van der Waals surface area contributed by atoms with Crippen LogP contribution in [-0.4, -0.2) is 74.9 Å². The average molecular weight is 580 g/mol. The van der Waals surface area contributed by atoms with Crippen LogP contribution in [0.25, 0.3) is 0 Å². The molecule has 0 radical (unpaired) electrons. The molecule has 9 heteroatoms. The second-order valence-corrected chi connectivity index (χ2v) is 11.2. The van der Waals surface area contributed by atoms with Crippen molar-refractivity contribution < 1.29 is 23.7 Å². The number of hydrogen-bond donors (Lipinski definition) is 0. The highest BCUT2D eigenvalue weighted by Gasteiger charge is 2.35. The maximum absolute atomic E-state index is 12.2. The number of carbonyl (C=O) groups is 1. The van der Waals surface area contributed by atoms with Crippen LogP contribution in [0.3, 0.4) is 0 Å². The Bertz CT molecular complexity index is 1090. The highest BCUT2D eigenvalue weighted by molar-refractivity contribution is 6.42. The normalized spacial score (nSPS) is 18.1. The zero-order chi connectivity index (χ0) is 27.7. The van der Waals surface area contributed by atoms with Gasteiger partial charge in [0.25, 0.3) is 0 Å². The van der Waals surface area contributed by atoms with Crippen LogP contribution in [-0.2, 0) is 16.1 Å². The van der Waals surface area contributed by atoms with Gasteiger partial charge in [-0.25, -0.2) is 0 Å². The zero-order valence-electron chi connectivity index (χ0n) is 23.1. The van der Waals surface area contributed by atoms with Crippen LogP contribution < -0.4 is 14.2 Å². The fourth-order valence-electron chi connectivity index (χ4n) is 5.21. The molecule has 2 saturated heterocycles. The molecule has 0 atom stereocenters. The van der Waals surface area contributed by atoms with Gasteiger partial charge < -0.3 is 23.8 Å². The monoisotopic (exact) mass is 578 g/mol. The molecule has 7 nitrogen and oxygen atoms in total. The fourth-order valence-corrected chi connectivity index (χ4v) is 5.50. The highest BCUT2D eigenvalue weighted by Crippen LogP contribution is 2.32. The third-order valence-electron chi connectivity index (χ3n) is 7.73. The predicted octanol–water partition coefficient (Wildman–Crippen LogP) is 6.23. The summed E-state index contributed by atoms with van der Waals surface area (Å²) in [5, 5.41) is 0.987. The summed E-state index contributed by atoms with van der Waals surface area (Å²) in [5.74, 6) is 2.43. The van der Waals surface area contributed by atoms with Crippen molar-refractivity contribution in [2.45, 2.75) is 57.1 Å². The Morgan fingerprint density at radius 3 is 2.46 bits per heavy atom. The van der Waals surface area contributed by atoms with E-state index in [4.69, 9.17) is 42.1 Å². The van der Waals surface area contributed by atoms with Gasteiger partial charge in [-0.1, -0.05) is 35.7 Å². The lowest BCUT2D eigenvalue weighted by Gasteiger charge is -2.40. The molecular formula is C30H40Cl2N2O5. The topological polar surface area (TPSA) is 60.5 Å². The van der Waals surface area contributed by atoms with E-state index in [1.165, 1.54) is 5.56 Å². The Hall–Kier alpha value is -2.19. The van der Waals surface area contributed by atoms with E-state index in [0.717, 1.165) is 82.7 Å². The fraction of sp³-hybridized carbons (Fsp3) is 0.567. The summed E-state index contributed by atoms with van der Waals surface area (Å²) in [6, 6.07) is 11.4. The van der Waals surface area contributed by atoms with Gasteiger partial charge in [-0.15, -0.1) is 0 Å². The first-order valence-electron chi connectivity index (χ1n) is 13.8. The molecule has 1 amide bonds. The minimum atomic E-state index is -0.342. The van der Waals surface area contributed by atoms with E-state index in [1.807, 2.05) is 17.0 Å². The Morgan fingerprint density at radius 1 is 0.897 bits per heavy atom. The Labute approximate surface area is 242 Å². The minimum absolute atomic E-state index is 0.270. The van der Waals surface area contributed by atoms with Crippen LogP contribution in [0.15, 0.2) is 36.4 Å². The number of rotatable bonds is 12. The lowest BCUT2D eigenvalue weighted by Crippen LogP contribution is -2.48. The molecule has 0 N–H and O–H groups in total. The van der Waals surface area contributed by atoms with Crippen LogP contribution in [0.4, 0.5) is 0 Å². The van der Waals surface area contributed by atoms with Crippen molar-refractivity contribution in [3.63, 3.8) is 0 Å². The molecular weight excluding hydrogens is 539 g/mol. The highest BCUT2D eigenvalue weighted by atomic mass is 35.5. The van der Waals surface area contributed by atoms with E-state index in [0.29, 0.717) is 35.4 Å². The summed E-state index contributed by atoms with van der Waals surface area (Å²) in [5.41, 5.74) is 0.830. The molecule has 214 valence electrons. The molecule has 2 aliphatic heterocycles. The average Bonchev–Trinajstić information content (AvgIpc) is 3.16. The molecule has 2 aromatic carbocycles. The molecule has 0 bridgehead atoms. The molecule has 2 heterocycles. The second kappa shape index (κ2) is 14.4. The number of ether oxygens (including phenoxy) is 4. The van der Waals surface area contributed by atoms with Gasteiger partial charge in [-0.05, 0) is 61.9 Å². The van der Waals surface area contributed by atoms with E-state index in [1.54, 1.807) is 26.4 Å². The Kier molecular flexibility index (Phi) is 11.0. The summed E-state index contributed by atoms with van der Waals surface area (Å²) in [7, 11) is 3.41. The number of likely N-dealkylation sites (tertiary alicyclic amines) is 2. The van der Waals surface area contributed by atoms with Crippen molar-refractivity contribution >= 4 is 29.1 Å². The molecule has 0 aliphatic carbocycles. The molecule has 0 aromatic heterocycles. The maximum atomic E-state index is 12.2. The van der Waals surface area contributed by atoms with Crippen LogP contribution >= 0.6 is 23.2 Å². The van der Waals surface area contributed by atoms with Crippen molar-refractivity contribution in [2.75, 3.05) is 53.6 Å². The number of benzene rings is 2. The van der Waals surface area contributed by atoms with Crippen molar-refractivity contribution in [1.29, 1.82) is 0 Å². The molecule has 4 rings (SSSR count). The minimum Gasteiger partial charge on any atom is -0.493 e. The first kappa shape index (κ1) is 29.8. The molecule has 39 heavy (non-hydrogen) atoms. The lowest BCUT2D eigenvalue weighted by molar-refractivity contribution is -0.130. The quantitative estimate of drug-likeness (QED) is 0.278. The third kappa shape index (κ3) is 8.40. The van der Waals surface area contributed by atoms with Crippen LogP contribution in [0.5, 0.6) is 17.2 Å². The third-order valence-corrected chi connectivity index (χ3v) is 8.47. The largest absolute Gasteiger partial charge is 0.493 e. The van der Waals surface area contributed by atoms with E-state index in [-0.39, 0.29) is 11.5 Å². The summed E-state index contributed by atoms with van der Waals surface area (Å²) in [6.07, 6.45) is 6.43. The standard InChI is InChI=1S/C30H40Cl2N2O5/c1-36-27-11-8-23(19-28(27)38-18-6-15-34-14-5-3-4-7-29(34)35)21-33-16-12-30(37-2,13-17-33)22-39-24-9-10-25(31)26(32)20-24/h8-11,19-20H,3-7,12-18,21-22H2,1-2H3. The van der Waals surface area contributed by atoms with Crippen molar-refractivity contribution in [3.8, 4) is 17.2 Å². The first-order chi connectivity index (χ1) is 18.9. The number of nitrogens with zero attached hydrogens (tertiary/aromatic N) is 2. The van der Waals surface area contributed by atoms with Crippen molar-refractivity contribution in [1.82, 2.24) is 9.80 Å². The lowest BCUT2D eigenvalue weighted by atomic mass is 9.91. The Morgan fingerprint density at radius 2 is 1.72 bits per heavy atom. The maximum Gasteiger partial charge on any atom is 0.222 e. The summed E-state index contributed by atoms with van der Waals surface area (Å²) in [4.78, 5) is 16.6. The number of methoxy groups -OCH3 is 2.